The maximum absolute atomic E-state index is 4.95. The summed E-state index contributed by atoms with van der Waals surface area (Å²) in [7, 11) is 0. The van der Waals surface area contributed by atoms with Gasteiger partial charge in [0.25, 0.3) is 0 Å². The van der Waals surface area contributed by atoms with Gasteiger partial charge in [-0.25, -0.2) is 9.97 Å². The zero-order valence-corrected chi connectivity index (χ0v) is 27.3. The van der Waals surface area contributed by atoms with Crippen LogP contribution in [0, 0.1) is 0 Å². The zero-order valence-electron chi connectivity index (χ0n) is 27.3. The van der Waals surface area contributed by atoms with E-state index in [9.17, 15) is 0 Å². The topological polar surface area (TPSA) is 144 Å². The smallest absolute Gasteiger partial charge is 0.160 e. The highest BCUT2D eigenvalue weighted by Gasteiger charge is 2.35. The summed E-state index contributed by atoms with van der Waals surface area (Å²) in [6.45, 7) is 0. The molecule has 12 heteroatoms. The standard InChI is InChI=1S/C40H26N12/c1-3-14-42-26(8-1)32-33(29-24-41-20-21-43-29)37(40-45-16-7-17-46-40)36-35(27-9-5-18-47-49-27)38(25-13-23-51-22-4-2-10-30(25)51)52(31-11-6-15-44-31)39(36)34(32)28-12-19-48-50-28/h1-24,44H,(H,48,50). The highest BCUT2D eigenvalue weighted by Crippen LogP contribution is 2.55. The number of hydrogen-bond donors (Lipinski definition) is 2. The Balaban J connectivity index is 1.57. The van der Waals surface area contributed by atoms with E-state index in [2.05, 4.69) is 53.5 Å². The van der Waals surface area contributed by atoms with Crippen LogP contribution in [0.15, 0.2) is 147 Å². The Hall–Kier alpha value is -7.60. The van der Waals surface area contributed by atoms with E-state index in [0.29, 0.717) is 22.9 Å². The van der Waals surface area contributed by atoms with Gasteiger partial charge in [0.05, 0.1) is 45.7 Å². The van der Waals surface area contributed by atoms with Crippen molar-refractivity contribution in [2.75, 3.05) is 0 Å². The van der Waals surface area contributed by atoms with Crippen molar-refractivity contribution in [3.05, 3.63) is 147 Å². The second-order valence-electron chi connectivity index (χ2n) is 12.0. The molecule has 0 unspecified atom stereocenters. The number of rotatable bonds is 7. The number of aromatic nitrogens is 12. The van der Waals surface area contributed by atoms with Gasteiger partial charge in [-0.05, 0) is 66.7 Å². The number of H-pyrrole nitrogens is 2. The molecule has 0 saturated carbocycles. The van der Waals surface area contributed by atoms with Gasteiger partial charge in [0.15, 0.2) is 5.82 Å². The Kier molecular flexibility index (Phi) is 6.81. The van der Waals surface area contributed by atoms with Crippen molar-refractivity contribution in [1.29, 1.82) is 0 Å². The average Bonchev–Trinajstić information content (AvgIpc) is 4.05. The van der Waals surface area contributed by atoms with Crippen molar-refractivity contribution in [3.8, 4) is 73.5 Å². The minimum Gasteiger partial charge on any atom is -0.348 e. The van der Waals surface area contributed by atoms with Crippen molar-refractivity contribution >= 4 is 16.4 Å². The summed E-state index contributed by atoms with van der Waals surface area (Å²) < 4.78 is 4.37. The van der Waals surface area contributed by atoms with Crippen LogP contribution in [0.3, 0.4) is 0 Å². The first kappa shape index (κ1) is 29.3. The van der Waals surface area contributed by atoms with E-state index in [0.717, 1.165) is 67.0 Å². The first-order valence-electron chi connectivity index (χ1n) is 16.6. The summed E-state index contributed by atoms with van der Waals surface area (Å²) in [5.74, 6) is 1.34. The van der Waals surface area contributed by atoms with E-state index in [1.54, 1.807) is 43.4 Å². The Morgan fingerprint density at radius 1 is 0.558 bits per heavy atom. The lowest BCUT2D eigenvalue weighted by molar-refractivity contribution is 1.03. The molecule has 52 heavy (non-hydrogen) atoms. The van der Waals surface area contributed by atoms with Crippen molar-refractivity contribution in [2.45, 2.75) is 0 Å². The van der Waals surface area contributed by atoms with E-state index < -0.39 is 0 Å². The Bertz CT molecular complexity index is 2810. The summed E-state index contributed by atoms with van der Waals surface area (Å²) in [5, 5.41) is 17.9. The molecule has 0 fully saturated rings. The van der Waals surface area contributed by atoms with Crippen molar-refractivity contribution in [3.63, 3.8) is 0 Å². The number of pyridine rings is 2. The van der Waals surface area contributed by atoms with Crippen LogP contribution in [-0.2, 0) is 0 Å². The molecule has 2 N–H and O–H groups in total. The maximum atomic E-state index is 4.95. The van der Waals surface area contributed by atoms with E-state index in [4.69, 9.17) is 30.1 Å². The fourth-order valence-corrected chi connectivity index (χ4v) is 7.19. The van der Waals surface area contributed by atoms with Crippen molar-refractivity contribution < 1.29 is 0 Å². The molecule has 0 radical (unpaired) electrons. The van der Waals surface area contributed by atoms with Crippen LogP contribution in [0.2, 0.25) is 0 Å². The third kappa shape index (κ3) is 4.55. The Morgan fingerprint density at radius 2 is 1.42 bits per heavy atom. The van der Waals surface area contributed by atoms with Crippen LogP contribution in [0.25, 0.3) is 89.9 Å². The number of benzene rings is 1. The Morgan fingerprint density at radius 3 is 2.19 bits per heavy atom. The monoisotopic (exact) mass is 674 g/mol. The largest absolute Gasteiger partial charge is 0.348 e. The maximum Gasteiger partial charge on any atom is 0.160 e. The first-order valence-corrected chi connectivity index (χ1v) is 16.6. The lowest BCUT2D eigenvalue weighted by Crippen LogP contribution is -2.04. The molecule has 0 aliphatic rings. The molecule has 10 rings (SSSR count). The normalized spacial score (nSPS) is 11.5. The molecular weight excluding hydrogens is 649 g/mol. The summed E-state index contributed by atoms with van der Waals surface area (Å²) in [6.07, 6.45) is 20.0. The number of nitrogens with zero attached hydrogens (tertiary/aromatic N) is 10. The molecule has 0 bridgehead atoms. The molecule has 0 aliphatic carbocycles. The predicted octanol–water partition coefficient (Wildman–Crippen LogP) is 7.70. The summed E-state index contributed by atoms with van der Waals surface area (Å²) in [4.78, 5) is 27.7. The molecule has 0 amide bonds. The third-order valence-electron chi connectivity index (χ3n) is 9.17. The summed E-state index contributed by atoms with van der Waals surface area (Å²) in [6, 6.07) is 25.9. The van der Waals surface area contributed by atoms with E-state index >= 15 is 0 Å². The molecule has 0 atom stereocenters. The SMILES string of the molecule is c1ccc(-c2c(-c3cnccn3)c(-c3ncccn3)c3c(-c4cccnn4)c(-c4ccn5ccccc45)n(-c4ccc[nH]4)c3c2-c2cc[nH]n2)nc1. The van der Waals surface area contributed by atoms with Gasteiger partial charge in [-0.2, -0.15) is 15.3 Å². The number of aromatic amines is 2. The van der Waals surface area contributed by atoms with Crippen molar-refractivity contribution in [2.24, 2.45) is 0 Å². The predicted molar refractivity (Wildman–Crippen MR) is 198 cm³/mol. The second-order valence-corrected chi connectivity index (χ2v) is 12.0. The van der Waals surface area contributed by atoms with E-state index in [-0.39, 0.29) is 0 Å². The van der Waals surface area contributed by atoms with E-state index in [1.165, 1.54) is 0 Å². The van der Waals surface area contributed by atoms with Crippen molar-refractivity contribution in [1.82, 2.24) is 59.3 Å². The third-order valence-corrected chi connectivity index (χ3v) is 9.17. The molecule has 9 aromatic heterocycles. The molecule has 0 spiro atoms. The lowest BCUT2D eigenvalue weighted by atomic mass is 9.85. The molecule has 10 aromatic rings. The van der Waals surface area contributed by atoms with Crippen LogP contribution in [-0.4, -0.2) is 59.3 Å². The van der Waals surface area contributed by atoms with Gasteiger partial charge in [0.1, 0.15) is 5.82 Å². The van der Waals surface area contributed by atoms with Gasteiger partial charge in [-0.1, -0.05) is 12.1 Å². The minimum atomic E-state index is 0.501. The van der Waals surface area contributed by atoms with E-state index in [1.807, 2.05) is 79.3 Å². The highest BCUT2D eigenvalue weighted by molar-refractivity contribution is 6.23. The molecular formula is C40H26N12. The minimum absolute atomic E-state index is 0.501. The van der Waals surface area contributed by atoms with Crippen LogP contribution in [0.4, 0.5) is 0 Å². The van der Waals surface area contributed by atoms with Gasteiger partial charge in [0, 0.05) is 101 Å². The van der Waals surface area contributed by atoms with Crippen LogP contribution < -0.4 is 0 Å². The molecule has 12 nitrogen and oxygen atoms in total. The van der Waals surface area contributed by atoms with Crippen LogP contribution >= 0.6 is 0 Å². The summed E-state index contributed by atoms with van der Waals surface area (Å²) >= 11 is 0. The number of nitrogens with one attached hydrogen (secondary N) is 2. The Labute approximate surface area is 295 Å². The number of hydrogen-bond acceptors (Lipinski definition) is 8. The lowest BCUT2D eigenvalue weighted by Gasteiger charge is -2.21. The fourth-order valence-electron chi connectivity index (χ4n) is 7.19. The average molecular weight is 675 g/mol. The zero-order chi connectivity index (χ0) is 34.4. The van der Waals surface area contributed by atoms with Gasteiger partial charge in [0.2, 0.25) is 0 Å². The second kappa shape index (κ2) is 12.1. The first-order chi connectivity index (χ1) is 25.9. The summed E-state index contributed by atoms with van der Waals surface area (Å²) in [5.41, 5.74) is 10.4. The molecule has 9 heterocycles. The van der Waals surface area contributed by atoms with Gasteiger partial charge >= 0.3 is 0 Å². The molecule has 246 valence electrons. The number of fused-ring (bicyclic) bond motifs is 2. The molecule has 0 saturated heterocycles. The van der Waals surface area contributed by atoms with Gasteiger partial charge < -0.3 is 9.38 Å². The molecule has 1 aromatic carbocycles. The van der Waals surface area contributed by atoms with Gasteiger partial charge in [-0.15, -0.1) is 0 Å². The quantitative estimate of drug-likeness (QED) is 0.175. The fraction of sp³-hybridized carbons (Fsp3) is 0. The van der Waals surface area contributed by atoms with Crippen LogP contribution in [0.1, 0.15) is 0 Å². The van der Waals surface area contributed by atoms with Gasteiger partial charge in [-0.3, -0.25) is 24.6 Å². The molecule has 0 aliphatic heterocycles. The van der Waals surface area contributed by atoms with Crippen LogP contribution in [0.5, 0.6) is 0 Å². The highest BCUT2D eigenvalue weighted by atomic mass is 15.1.